The normalized spacial score (nSPS) is 12.6. The van der Waals surface area contributed by atoms with Crippen LogP contribution in [0.5, 0.6) is 0 Å². The zero-order valence-electron chi connectivity index (χ0n) is 13.1. The SMILES string of the molecule is CCCCCCc1ccc(C(O)CN(C)CC(=O)O)cc1. The number of nitrogens with zero attached hydrogens (tertiary/aromatic N) is 1. The molecule has 0 fully saturated rings. The maximum absolute atomic E-state index is 10.6. The lowest BCUT2D eigenvalue weighted by atomic mass is 10.0. The molecule has 0 amide bonds. The molecule has 4 nitrogen and oxygen atoms in total. The van der Waals surface area contributed by atoms with E-state index in [1.807, 2.05) is 12.1 Å². The second-order valence-corrected chi connectivity index (χ2v) is 5.66. The Morgan fingerprint density at radius 2 is 1.86 bits per heavy atom. The maximum atomic E-state index is 10.6. The van der Waals surface area contributed by atoms with Gasteiger partial charge in [0.15, 0.2) is 0 Å². The molecule has 0 heterocycles. The van der Waals surface area contributed by atoms with Crippen molar-refractivity contribution in [1.29, 1.82) is 0 Å². The molecule has 2 N–H and O–H groups in total. The molecule has 118 valence electrons. The van der Waals surface area contributed by atoms with Gasteiger partial charge in [-0.2, -0.15) is 0 Å². The third-order valence-electron chi connectivity index (χ3n) is 3.57. The van der Waals surface area contributed by atoms with Crippen LogP contribution in [0.4, 0.5) is 0 Å². The van der Waals surface area contributed by atoms with Gasteiger partial charge in [-0.3, -0.25) is 9.69 Å². The van der Waals surface area contributed by atoms with Crippen molar-refractivity contribution in [3.8, 4) is 0 Å². The number of aryl methyl sites for hydroxylation is 1. The summed E-state index contributed by atoms with van der Waals surface area (Å²) in [7, 11) is 1.69. The van der Waals surface area contributed by atoms with E-state index >= 15 is 0 Å². The van der Waals surface area contributed by atoms with E-state index < -0.39 is 12.1 Å². The van der Waals surface area contributed by atoms with Crippen LogP contribution in [0.1, 0.15) is 49.8 Å². The molecular formula is C17H27NO3. The first-order chi connectivity index (χ1) is 10.0. The minimum atomic E-state index is -0.882. The van der Waals surface area contributed by atoms with Crippen LogP contribution in [0.15, 0.2) is 24.3 Å². The summed E-state index contributed by atoms with van der Waals surface area (Å²) in [5.74, 6) is -0.882. The number of aliphatic hydroxyl groups is 1. The molecule has 0 saturated carbocycles. The van der Waals surface area contributed by atoms with Crippen molar-refractivity contribution in [3.63, 3.8) is 0 Å². The minimum absolute atomic E-state index is 0.0629. The third kappa shape index (κ3) is 7.25. The van der Waals surface area contributed by atoms with Crippen LogP contribution in [-0.2, 0) is 11.2 Å². The van der Waals surface area contributed by atoms with E-state index in [9.17, 15) is 9.90 Å². The van der Waals surface area contributed by atoms with Crippen LogP contribution in [0.2, 0.25) is 0 Å². The van der Waals surface area contributed by atoms with E-state index in [4.69, 9.17) is 5.11 Å². The smallest absolute Gasteiger partial charge is 0.317 e. The van der Waals surface area contributed by atoms with Gasteiger partial charge < -0.3 is 10.2 Å². The first-order valence-electron chi connectivity index (χ1n) is 7.70. The molecule has 1 unspecified atom stereocenters. The summed E-state index contributed by atoms with van der Waals surface area (Å²) in [5, 5.41) is 18.8. The van der Waals surface area contributed by atoms with Gasteiger partial charge in [-0.15, -0.1) is 0 Å². The minimum Gasteiger partial charge on any atom is -0.480 e. The van der Waals surface area contributed by atoms with E-state index in [1.54, 1.807) is 11.9 Å². The van der Waals surface area contributed by atoms with Crippen LogP contribution in [0.3, 0.4) is 0 Å². The van der Waals surface area contributed by atoms with Gasteiger partial charge in [0.25, 0.3) is 0 Å². The number of carboxylic acid groups (broad SMARTS) is 1. The van der Waals surface area contributed by atoms with E-state index in [0.717, 1.165) is 12.0 Å². The Labute approximate surface area is 127 Å². The summed E-state index contributed by atoms with van der Waals surface area (Å²) in [6.07, 6.45) is 5.43. The van der Waals surface area contributed by atoms with E-state index in [0.29, 0.717) is 6.54 Å². The number of likely N-dealkylation sites (N-methyl/N-ethyl adjacent to an activating group) is 1. The van der Waals surface area contributed by atoms with Crippen LogP contribution in [-0.4, -0.2) is 41.2 Å². The van der Waals surface area contributed by atoms with Gasteiger partial charge in [-0.1, -0.05) is 50.5 Å². The quantitative estimate of drug-likeness (QED) is 0.651. The standard InChI is InChI=1S/C17H27NO3/c1-3-4-5-6-7-14-8-10-15(11-9-14)16(19)12-18(2)13-17(20)21/h8-11,16,19H,3-7,12-13H2,1-2H3,(H,20,21). The van der Waals surface area contributed by atoms with Gasteiger partial charge in [-0.05, 0) is 31.0 Å². The molecule has 4 heteroatoms. The maximum Gasteiger partial charge on any atom is 0.317 e. The Balaban J connectivity index is 2.43. The molecule has 21 heavy (non-hydrogen) atoms. The van der Waals surface area contributed by atoms with Gasteiger partial charge in [0.05, 0.1) is 12.6 Å². The fourth-order valence-electron chi connectivity index (χ4n) is 2.36. The van der Waals surface area contributed by atoms with Crippen molar-refractivity contribution in [1.82, 2.24) is 4.90 Å². The number of aliphatic hydroxyl groups excluding tert-OH is 1. The lowest BCUT2D eigenvalue weighted by molar-refractivity contribution is -0.138. The molecule has 1 rings (SSSR count). The summed E-state index contributed by atoms with van der Waals surface area (Å²) >= 11 is 0. The van der Waals surface area contributed by atoms with Gasteiger partial charge in [0.2, 0.25) is 0 Å². The first-order valence-corrected chi connectivity index (χ1v) is 7.70. The van der Waals surface area contributed by atoms with Gasteiger partial charge in [0, 0.05) is 6.54 Å². The Kier molecular flexibility index (Phi) is 8.01. The van der Waals surface area contributed by atoms with Crippen molar-refractivity contribution in [3.05, 3.63) is 35.4 Å². The average molecular weight is 293 g/mol. The number of rotatable bonds is 10. The van der Waals surface area contributed by atoms with Crippen LogP contribution in [0, 0.1) is 0 Å². The fraction of sp³-hybridized carbons (Fsp3) is 0.588. The number of hydrogen-bond donors (Lipinski definition) is 2. The third-order valence-corrected chi connectivity index (χ3v) is 3.57. The Morgan fingerprint density at radius 1 is 1.19 bits per heavy atom. The van der Waals surface area contributed by atoms with E-state index in [2.05, 4.69) is 19.1 Å². The molecule has 0 aliphatic heterocycles. The predicted octanol–water partition coefficient (Wildman–Crippen LogP) is 2.86. The second kappa shape index (κ2) is 9.53. The molecule has 0 saturated heterocycles. The lowest BCUT2D eigenvalue weighted by Crippen LogP contribution is -2.29. The second-order valence-electron chi connectivity index (χ2n) is 5.66. The summed E-state index contributed by atoms with van der Waals surface area (Å²) < 4.78 is 0. The van der Waals surface area contributed by atoms with Crippen molar-refractivity contribution in [2.24, 2.45) is 0 Å². The van der Waals surface area contributed by atoms with Crippen molar-refractivity contribution in [2.75, 3.05) is 20.1 Å². The number of carbonyl (C=O) groups is 1. The Morgan fingerprint density at radius 3 is 2.43 bits per heavy atom. The van der Waals surface area contributed by atoms with Gasteiger partial charge in [-0.25, -0.2) is 0 Å². The van der Waals surface area contributed by atoms with Gasteiger partial charge in [0.1, 0.15) is 0 Å². The average Bonchev–Trinajstić information content (AvgIpc) is 2.43. The fourth-order valence-corrected chi connectivity index (χ4v) is 2.36. The zero-order valence-corrected chi connectivity index (χ0v) is 13.1. The molecule has 0 spiro atoms. The summed E-state index contributed by atoms with van der Waals surface area (Å²) in [6, 6.07) is 7.99. The highest BCUT2D eigenvalue weighted by Gasteiger charge is 2.12. The van der Waals surface area contributed by atoms with Crippen molar-refractivity contribution in [2.45, 2.75) is 45.1 Å². The molecule has 1 aromatic rings. The number of benzene rings is 1. The first kappa shape index (κ1) is 17.7. The monoisotopic (exact) mass is 293 g/mol. The molecular weight excluding hydrogens is 266 g/mol. The summed E-state index contributed by atoms with van der Waals surface area (Å²) in [5.41, 5.74) is 2.13. The van der Waals surface area contributed by atoms with Crippen LogP contribution < -0.4 is 0 Å². The zero-order chi connectivity index (χ0) is 15.7. The molecule has 0 aliphatic rings. The highest BCUT2D eigenvalue weighted by Crippen LogP contribution is 2.16. The predicted molar refractivity (Wildman–Crippen MR) is 84.4 cm³/mol. The summed E-state index contributed by atoms with van der Waals surface area (Å²) in [4.78, 5) is 12.2. The highest BCUT2D eigenvalue weighted by atomic mass is 16.4. The topological polar surface area (TPSA) is 60.8 Å². The molecule has 0 bridgehead atoms. The van der Waals surface area contributed by atoms with Crippen LogP contribution in [0.25, 0.3) is 0 Å². The van der Waals surface area contributed by atoms with Crippen LogP contribution >= 0.6 is 0 Å². The number of unbranched alkanes of at least 4 members (excludes halogenated alkanes) is 3. The van der Waals surface area contributed by atoms with Crippen molar-refractivity contribution >= 4 is 5.97 Å². The number of carboxylic acids is 1. The molecule has 0 aliphatic carbocycles. The number of aliphatic carboxylic acids is 1. The Hall–Kier alpha value is -1.39. The molecule has 1 aromatic carbocycles. The Bertz CT molecular complexity index is 417. The lowest BCUT2D eigenvalue weighted by Gasteiger charge is -2.19. The van der Waals surface area contributed by atoms with E-state index in [1.165, 1.54) is 31.2 Å². The number of hydrogen-bond acceptors (Lipinski definition) is 3. The molecule has 1 atom stereocenters. The molecule has 0 aromatic heterocycles. The largest absolute Gasteiger partial charge is 0.480 e. The van der Waals surface area contributed by atoms with Gasteiger partial charge >= 0.3 is 5.97 Å². The van der Waals surface area contributed by atoms with E-state index in [-0.39, 0.29) is 6.54 Å². The highest BCUT2D eigenvalue weighted by molar-refractivity contribution is 5.69. The summed E-state index contributed by atoms with van der Waals surface area (Å²) in [6.45, 7) is 2.46. The molecule has 0 radical (unpaired) electrons. The van der Waals surface area contributed by atoms with Crippen molar-refractivity contribution < 1.29 is 15.0 Å².